The van der Waals surface area contributed by atoms with Crippen molar-refractivity contribution in [2.45, 2.75) is 18.5 Å². The molecule has 0 heterocycles. The van der Waals surface area contributed by atoms with Crippen LogP contribution in [0.25, 0.3) is 33.4 Å². The maximum atomic E-state index is 13.5. The SMILES string of the molecule is FC(F)(F)c1cccc(-c2cc[c]([Bi])c(-c3cccc(C(F)(F)F)c3)c2-c2cccc(C(F)(F)F)c2)c1. The van der Waals surface area contributed by atoms with E-state index in [2.05, 4.69) is 0 Å². The summed E-state index contributed by atoms with van der Waals surface area (Å²) in [6, 6.07) is 15.9. The monoisotopic (exact) mass is 718 g/mol. The van der Waals surface area contributed by atoms with E-state index in [0.29, 0.717) is 28.0 Å². The van der Waals surface area contributed by atoms with Gasteiger partial charge in [-0.05, 0) is 0 Å². The van der Waals surface area contributed by atoms with Crippen LogP contribution in [-0.2, 0) is 18.5 Å². The van der Waals surface area contributed by atoms with Crippen molar-refractivity contribution >= 4 is 28.0 Å². The molecule has 4 aromatic rings. The number of rotatable bonds is 3. The first-order valence-corrected chi connectivity index (χ1v) is 12.3. The minimum atomic E-state index is -4.71. The molecular weight excluding hydrogens is 704 g/mol. The second-order valence-electron chi connectivity index (χ2n) is 8.12. The molecule has 37 heavy (non-hydrogen) atoms. The molecule has 0 nitrogen and oxygen atoms in total. The van der Waals surface area contributed by atoms with Gasteiger partial charge in [0.1, 0.15) is 0 Å². The molecule has 0 aliphatic carbocycles. The summed E-state index contributed by atoms with van der Waals surface area (Å²) < 4.78 is 122. The summed E-state index contributed by atoms with van der Waals surface area (Å²) in [6.45, 7) is 0. The molecule has 0 N–H and O–H groups in total. The Morgan fingerprint density at radius 2 is 0.811 bits per heavy atom. The molecule has 0 saturated heterocycles. The fourth-order valence-electron chi connectivity index (χ4n) is 3.99. The zero-order valence-corrected chi connectivity index (χ0v) is 21.9. The predicted molar refractivity (Wildman–Crippen MR) is 123 cm³/mol. The zero-order chi connectivity index (χ0) is 27.2. The van der Waals surface area contributed by atoms with Crippen LogP contribution in [0.5, 0.6) is 0 Å². The third-order valence-electron chi connectivity index (χ3n) is 5.64. The van der Waals surface area contributed by atoms with E-state index in [9.17, 15) is 39.5 Å². The van der Waals surface area contributed by atoms with Crippen LogP contribution in [0.4, 0.5) is 39.5 Å². The molecular formula is C27H14BiF9. The Bertz CT molecular complexity index is 1450. The molecule has 0 bridgehead atoms. The quantitative estimate of drug-likeness (QED) is 0.147. The average molecular weight is 718 g/mol. The van der Waals surface area contributed by atoms with Gasteiger partial charge in [-0.15, -0.1) is 0 Å². The molecule has 0 aromatic heterocycles. The molecule has 190 valence electrons. The van der Waals surface area contributed by atoms with Gasteiger partial charge < -0.3 is 0 Å². The van der Waals surface area contributed by atoms with Crippen LogP contribution in [0, 0.1) is 0 Å². The minimum absolute atomic E-state index is 0.0162. The number of halogens is 9. The number of hydrogen-bond acceptors (Lipinski definition) is 0. The van der Waals surface area contributed by atoms with Crippen molar-refractivity contribution in [1.29, 1.82) is 0 Å². The second kappa shape index (κ2) is 9.78. The van der Waals surface area contributed by atoms with E-state index in [0.717, 1.165) is 42.5 Å². The summed E-state index contributed by atoms with van der Waals surface area (Å²) in [7, 11) is 0. The van der Waals surface area contributed by atoms with E-state index >= 15 is 0 Å². The fourth-order valence-corrected chi connectivity index (χ4v) is 5.22. The van der Waals surface area contributed by atoms with Gasteiger partial charge in [-0.3, -0.25) is 0 Å². The van der Waals surface area contributed by atoms with Crippen LogP contribution < -0.4 is 3.27 Å². The Hall–Kier alpha value is -2.87. The van der Waals surface area contributed by atoms with Crippen molar-refractivity contribution in [2.75, 3.05) is 0 Å². The van der Waals surface area contributed by atoms with Crippen molar-refractivity contribution in [3.63, 3.8) is 0 Å². The van der Waals surface area contributed by atoms with Gasteiger partial charge in [-0.2, -0.15) is 0 Å². The standard InChI is InChI=1S/C27H14F9.Bi/c28-25(29,30)19-8-1-5-16(13-19)22-11-4-12-23(17-6-2-9-20(14-17)26(31,32)33)24(22)18-7-3-10-21(15-18)27(34,35)36;/h1-11,13-15H;. The van der Waals surface area contributed by atoms with Gasteiger partial charge in [-0.25, -0.2) is 0 Å². The maximum absolute atomic E-state index is 13.5. The third-order valence-corrected chi connectivity index (χ3v) is 7.09. The van der Waals surface area contributed by atoms with Crippen LogP contribution >= 0.6 is 0 Å². The number of benzene rings is 4. The Morgan fingerprint density at radius 1 is 0.432 bits per heavy atom. The zero-order valence-electron chi connectivity index (χ0n) is 18.4. The molecule has 0 aliphatic rings. The van der Waals surface area contributed by atoms with Crippen LogP contribution in [0.2, 0.25) is 0 Å². The van der Waals surface area contributed by atoms with Gasteiger partial charge in [0.05, 0.1) is 0 Å². The van der Waals surface area contributed by atoms with Crippen LogP contribution in [0.3, 0.4) is 0 Å². The summed E-state index contributed by atoms with van der Waals surface area (Å²) >= 11 is 0.558. The summed E-state index contributed by atoms with van der Waals surface area (Å²) in [5.41, 5.74) is -2.24. The van der Waals surface area contributed by atoms with E-state index in [1.54, 1.807) is 6.07 Å². The van der Waals surface area contributed by atoms with Crippen LogP contribution in [-0.4, -0.2) is 24.7 Å². The van der Waals surface area contributed by atoms with Gasteiger partial charge in [0.15, 0.2) is 0 Å². The Balaban J connectivity index is 2.09. The first-order valence-electron chi connectivity index (χ1n) is 10.5. The molecule has 0 spiro atoms. The van der Waals surface area contributed by atoms with Gasteiger partial charge in [0.2, 0.25) is 0 Å². The molecule has 10 heteroatoms. The average Bonchev–Trinajstić information content (AvgIpc) is 2.82. The van der Waals surface area contributed by atoms with E-state index in [1.165, 1.54) is 36.4 Å². The predicted octanol–water partition coefficient (Wildman–Crippen LogP) is 8.54. The van der Waals surface area contributed by atoms with Gasteiger partial charge in [0.25, 0.3) is 0 Å². The molecule has 0 fully saturated rings. The van der Waals surface area contributed by atoms with Gasteiger partial charge >= 0.3 is 221 Å². The first kappa shape index (κ1) is 27.2. The summed E-state index contributed by atoms with van der Waals surface area (Å²) in [4.78, 5) is 0. The molecule has 2 radical (unpaired) electrons. The normalized spacial score (nSPS) is 12.6. The van der Waals surface area contributed by atoms with Crippen molar-refractivity contribution < 1.29 is 39.5 Å². The van der Waals surface area contributed by atoms with Crippen molar-refractivity contribution in [3.8, 4) is 33.4 Å². The molecule has 0 aliphatic heterocycles. The Labute approximate surface area is 220 Å². The van der Waals surface area contributed by atoms with Crippen molar-refractivity contribution in [3.05, 3.63) is 102 Å². The Morgan fingerprint density at radius 3 is 1.24 bits per heavy atom. The van der Waals surface area contributed by atoms with Crippen molar-refractivity contribution in [1.82, 2.24) is 0 Å². The van der Waals surface area contributed by atoms with E-state index in [1.807, 2.05) is 0 Å². The van der Waals surface area contributed by atoms with E-state index in [4.69, 9.17) is 0 Å². The fraction of sp³-hybridized carbons (Fsp3) is 0.111. The van der Waals surface area contributed by atoms with E-state index in [-0.39, 0.29) is 33.4 Å². The summed E-state index contributed by atoms with van der Waals surface area (Å²) in [5.74, 6) is 0. The van der Waals surface area contributed by atoms with Gasteiger partial charge in [-0.1, -0.05) is 0 Å². The Kier molecular flexibility index (Phi) is 7.19. The topological polar surface area (TPSA) is 0 Å². The van der Waals surface area contributed by atoms with Crippen molar-refractivity contribution in [2.24, 2.45) is 0 Å². The summed E-state index contributed by atoms with van der Waals surface area (Å²) in [6.07, 6.45) is -14.1. The van der Waals surface area contributed by atoms with Crippen LogP contribution in [0.15, 0.2) is 84.9 Å². The molecule has 0 atom stereocenters. The van der Waals surface area contributed by atoms with Gasteiger partial charge in [0, 0.05) is 0 Å². The number of hydrogen-bond donors (Lipinski definition) is 0. The molecule has 0 amide bonds. The second-order valence-corrected chi connectivity index (χ2v) is 9.99. The molecule has 0 unspecified atom stereocenters. The third kappa shape index (κ3) is 5.84. The number of alkyl halides is 9. The molecule has 4 aromatic carbocycles. The molecule has 4 rings (SSSR count). The first-order chi connectivity index (χ1) is 17.2. The van der Waals surface area contributed by atoms with Crippen LogP contribution in [0.1, 0.15) is 16.7 Å². The molecule has 0 saturated carbocycles. The summed E-state index contributed by atoms with van der Waals surface area (Å²) in [5, 5.41) is 0. The van der Waals surface area contributed by atoms with E-state index < -0.39 is 35.2 Å².